The van der Waals surface area contributed by atoms with Crippen molar-refractivity contribution in [2.45, 2.75) is 13.3 Å². The van der Waals surface area contributed by atoms with Crippen LogP contribution >= 0.6 is 11.6 Å². The second kappa shape index (κ2) is 9.04. The number of hydrogen-bond donors (Lipinski definition) is 2. The van der Waals surface area contributed by atoms with Crippen molar-refractivity contribution in [1.29, 1.82) is 0 Å². The Morgan fingerprint density at radius 1 is 1.10 bits per heavy atom. The number of nitrogens with zero attached hydrogens (tertiary/aromatic N) is 1. The Morgan fingerprint density at radius 3 is 2.43 bits per heavy atom. The highest BCUT2D eigenvalue weighted by Gasteiger charge is 2.16. The maximum atomic E-state index is 12.8. The molecule has 0 radical (unpaired) electrons. The van der Waals surface area contributed by atoms with Gasteiger partial charge in [-0.15, -0.1) is 0 Å². The lowest BCUT2D eigenvalue weighted by molar-refractivity contribution is 0.103. The summed E-state index contributed by atoms with van der Waals surface area (Å²) in [4.78, 5) is 12.8. The smallest absolute Gasteiger partial charge is 0.234 e. The zero-order valence-corrected chi connectivity index (χ0v) is 18.3. The Bertz CT molecular complexity index is 1170. The molecule has 0 amide bonds. The maximum absolute atomic E-state index is 12.8. The number of ketones is 1. The van der Waals surface area contributed by atoms with Crippen LogP contribution in [0.1, 0.15) is 32.9 Å². The monoisotopic (exact) mass is 446 g/mol. The molecule has 0 aliphatic rings. The van der Waals surface area contributed by atoms with Crippen LogP contribution in [0.5, 0.6) is 0 Å². The molecule has 8 heteroatoms. The molecule has 3 rings (SSSR count). The predicted molar refractivity (Wildman–Crippen MR) is 119 cm³/mol. The Labute approximate surface area is 181 Å². The minimum absolute atomic E-state index is 0.0523. The van der Waals surface area contributed by atoms with Crippen molar-refractivity contribution >= 4 is 33.1 Å². The first kappa shape index (κ1) is 22.1. The van der Waals surface area contributed by atoms with E-state index >= 15 is 0 Å². The van der Waals surface area contributed by atoms with E-state index in [0.717, 1.165) is 16.8 Å². The zero-order valence-electron chi connectivity index (χ0n) is 16.7. The quantitative estimate of drug-likeness (QED) is 0.518. The van der Waals surface area contributed by atoms with Gasteiger partial charge in [0.2, 0.25) is 15.8 Å². The van der Waals surface area contributed by atoms with Gasteiger partial charge in [-0.3, -0.25) is 9.52 Å². The summed E-state index contributed by atoms with van der Waals surface area (Å²) in [7, 11) is -1.78. The highest BCUT2D eigenvalue weighted by Crippen LogP contribution is 2.25. The van der Waals surface area contributed by atoms with Crippen molar-refractivity contribution in [3.8, 4) is 0 Å². The van der Waals surface area contributed by atoms with Crippen LogP contribution in [0.15, 0.2) is 54.6 Å². The summed E-state index contributed by atoms with van der Waals surface area (Å²) < 4.78 is 27.8. The molecule has 0 saturated carbocycles. The van der Waals surface area contributed by atoms with E-state index in [1.165, 1.54) is 6.07 Å². The van der Waals surface area contributed by atoms with Gasteiger partial charge in [-0.25, -0.2) is 8.42 Å². The summed E-state index contributed by atoms with van der Waals surface area (Å²) in [5.74, 6) is -0.434. The van der Waals surface area contributed by atoms with Gasteiger partial charge in [-0.2, -0.15) is 0 Å². The summed E-state index contributed by atoms with van der Waals surface area (Å²) >= 11 is 6.36. The Kier molecular flexibility index (Phi) is 6.65. The SMILES string of the molecule is Cc1ccc(C(=O)c2ccc(Cc3ccc(NS(=O)(=O)CCO)cc3Cl)n2C)cc1. The molecular formula is C22H23ClN2O4S. The molecule has 1 aromatic heterocycles. The summed E-state index contributed by atoms with van der Waals surface area (Å²) in [6, 6.07) is 16.0. The topological polar surface area (TPSA) is 88.4 Å². The van der Waals surface area contributed by atoms with E-state index < -0.39 is 16.6 Å². The van der Waals surface area contributed by atoms with Crippen LogP contribution in [0, 0.1) is 6.92 Å². The lowest BCUT2D eigenvalue weighted by atomic mass is 10.1. The van der Waals surface area contributed by atoms with Crippen LogP contribution in [0.25, 0.3) is 0 Å². The molecule has 3 aromatic rings. The third kappa shape index (κ3) is 5.11. The third-order valence-corrected chi connectivity index (χ3v) is 6.45. The molecule has 158 valence electrons. The average molecular weight is 447 g/mol. The number of aliphatic hydroxyl groups is 1. The molecule has 0 aliphatic heterocycles. The van der Waals surface area contributed by atoms with Crippen LogP contribution in [-0.4, -0.2) is 36.2 Å². The number of benzene rings is 2. The highest BCUT2D eigenvalue weighted by molar-refractivity contribution is 7.92. The number of carbonyl (C=O) groups excluding carboxylic acids is 1. The van der Waals surface area contributed by atoms with Crippen LogP contribution in [0.2, 0.25) is 5.02 Å². The van der Waals surface area contributed by atoms with Crippen molar-refractivity contribution < 1.29 is 18.3 Å². The molecule has 0 unspecified atom stereocenters. The van der Waals surface area contributed by atoms with Gasteiger partial charge >= 0.3 is 0 Å². The number of aromatic nitrogens is 1. The number of aliphatic hydroxyl groups excluding tert-OH is 1. The van der Waals surface area contributed by atoms with Gasteiger partial charge in [0, 0.05) is 35.4 Å². The second-order valence-corrected chi connectivity index (χ2v) is 9.34. The molecule has 0 aliphatic carbocycles. The number of carbonyl (C=O) groups is 1. The number of anilines is 1. The molecular weight excluding hydrogens is 424 g/mol. The van der Waals surface area contributed by atoms with Gasteiger partial charge in [0.1, 0.15) is 0 Å². The van der Waals surface area contributed by atoms with Crippen LogP contribution < -0.4 is 4.72 Å². The van der Waals surface area contributed by atoms with Crippen molar-refractivity contribution in [2.24, 2.45) is 7.05 Å². The normalized spacial score (nSPS) is 11.5. The standard InChI is InChI=1S/C22H23ClN2O4S/c1-15-3-5-16(6-4-15)22(27)21-10-9-19(25(21)2)13-17-7-8-18(14-20(17)23)24-30(28,29)12-11-26/h3-10,14,24,26H,11-13H2,1-2H3. The van der Waals surface area contributed by atoms with E-state index in [0.29, 0.717) is 28.4 Å². The van der Waals surface area contributed by atoms with Crippen LogP contribution in [0.3, 0.4) is 0 Å². The summed E-state index contributed by atoms with van der Waals surface area (Å²) in [5.41, 5.74) is 4.35. The Morgan fingerprint density at radius 2 is 1.80 bits per heavy atom. The molecule has 0 bridgehead atoms. The molecule has 6 nitrogen and oxygen atoms in total. The lowest BCUT2D eigenvalue weighted by Gasteiger charge is -2.11. The number of hydrogen-bond acceptors (Lipinski definition) is 4. The summed E-state index contributed by atoms with van der Waals surface area (Å²) in [5, 5.41) is 9.23. The third-order valence-electron chi connectivity index (χ3n) is 4.83. The van der Waals surface area contributed by atoms with Gasteiger partial charge in [-0.05, 0) is 36.8 Å². The Hall–Kier alpha value is -2.61. The number of nitrogens with one attached hydrogen (secondary N) is 1. The fraction of sp³-hybridized carbons (Fsp3) is 0.227. The minimum Gasteiger partial charge on any atom is -0.395 e. The van der Waals surface area contributed by atoms with Gasteiger partial charge in [0.25, 0.3) is 0 Å². The van der Waals surface area contributed by atoms with Crippen molar-refractivity contribution in [2.75, 3.05) is 17.1 Å². The first-order chi connectivity index (χ1) is 14.2. The number of halogens is 1. The molecule has 1 heterocycles. The first-order valence-electron chi connectivity index (χ1n) is 9.36. The molecule has 0 saturated heterocycles. The van der Waals surface area contributed by atoms with E-state index in [1.54, 1.807) is 18.2 Å². The van der Waals surface area contributed by atoms with Gasteiger partial charge in [-0.1, -0.05) is 47.5 Å². The van der Waals surface area contributed by atoms with E-state index in [9.17, 15) is 13.2 Å². The van der Waals surface area contributed by atoms with Crippen LogP contribution in [0.4, 0.5) is 5.69 Å². The molecule has 0 spiro atoms. The van der Waals surface area contributed by atoms with Crippen molar-refractivity contribution in [1.82, 2.24) is 4.57 Å². The molecule has 30 heavy (non-hydrogen) atoms. The van der Waals surface area contributed by atoms with E-state index in [-0.39, 0.29) is 11.5 Å². The maximum Gasteiger partial charge on any atom is 0.234 e. The van der Waals surface area contributed by atoms with E-state index in [4.69, 9.17) is 16.7 Å². The van der Waals surface area contributed by atoms with E-state index in [2.05, 4.69) is 4.72 Å². The van der Waals surface area contributed by atoms with E-state index in [1.807, 2.05) is 48.9 Å². The fourth-order valence-corrected chi connectivity index (χ4v) is 4.19. The van der Waals surface area contributed by atoms with Crippen molar-refractivity contribution in [3.05, 3.63) is 87.7 Å². The van der Waals surface area contributed by atoms with Gasteiger partial charge in [0.05, 0.1) is 18.1 Å². The largest absolute Gasteiger partial charge is 0.395 e. The average Bonchev–Trinajstić information content (AvgIpc) is 3.04. The van der Waals surface area contributed by atoms with Gasteiger partial charge < -0.3 is 9.67 Å². The fourth-order valence-electron chi connectivity index (χ4n) is 3.11. The number of sulfonamides is 1. The predicted octanol–water partition coefficient (Wildman–Crippen LogP) is 3.54. The molecule has 2 N–H and O–H groups in total. The number of rotatable bonds is 8. The molecule has 0 atom stereocenters. The molecule has 0 fully saturated rings. The summed E-state index contributed by atoms with van der Waals surface area (Å²) in [6.45, 7) is 1.51. The van der Waals surface area contributed by atoms with Gasteiger partial charge in [0.15, 0.2) is 0 Å². The van der Waals surface area contributed by atoms with Crippen molar-refractivity contribution in [3.63, 3.8) is 0 Å². The summed E-state index contributed by atoms with van der Waals surface area (Å²) in [6.07, 6.45) is 0.486. The Balaban J connectivity index is 1.79. The number of aryl methyl sites for hydroxylation is 1. The molecule has 2 aromatic carbocycles. The zero-order chi connectivity index (χ0) is 21.9. The highest BCUT2D eigenvalue weighted by atomic mass is 35.5. The first-order valence-corrected chi connectivity index (χ1v) is 11.4. The second-order valence-electron chi connectivity index (χ2n) is 7.09. The lowest BCUT2D eigenvalue weighted by Crippen LogP contribution is -2.18. The van der Waals surface area contributed by atoms with Crippen LogP contribution in [-0.2, 0) is 23.5 Å². The minimum atomic E-state index is -3.62.